The highest BCUT2D eigenvalue weighted by atomic mass is 16.3. The van der Waals surface area contributed by atoms with Crippen LogP contribution in [-0.2, 0) is 0 Å². The molecule has 0 aliphatic heterocycles. The van der Waals surface area contributed by atoms with E-state index in [1.54, 1.807) is 0 Å². The quantitative estimate of drug-likeness (QED) is 0.167. The summed E-state index contributed by atoms with van der Waals surface area (Å²) in [5.41, 5.74) is 13.9. The zero-order chi connectivity index (χ0) is 41.4. The summed E-state index contributed by atoms with van der Waals surface area (Å²) in [5.74, 6) is 1.72. The summed E-state index contributed by atoms with van der Waals surface area (Å²) < 4.78 is 15.2. The summed E-state index contributed by atoms with van der Waals surface area (Å²) in [6, 6.07) is 71.8. The summed E-state index contributed by atoms with van der Waals surface area (Å²) in [6.07, 6.45) is 0. The van der Waals surface area contributed by atoms with Crippen LogP contribution in [0.2, 0.25) is 0 Å². The van der Waals surface area contributed by atoms with E-state index in [0.29, 0.717) is 17.5 Å². The minimum atomic E-state index is 0.560. The molecule has 0 aliphatic rings. The van der Waals surface area contributed by atoms with Crippen LogP contribution < -0.4 is 0 Å². The van der Waals surface area contributed by atoms with Gasteiger partial charge in [-0.05, 0) is 95.1 Å². The van der Waals surface area contributed by atoms with Gasteiger partial charge < -0.3 is 13.4 Å². The molecule has 0 saturated heterocycles. The molecule has 0 saturated carbocycles. The van der Waals surface area contributed by atoms with Crippen LogP contribution >= 0.6 is 0 Å². The Hall–Kier alpha value is -8.61. The van der Waals surface area contributed by atoms with Gasteiger partial charge in [-0.1, -0.05) is 133 Å². The molecular weight excluding hydrogens is 773 g/mol. The fourth-order valence-electron chi connectivity index (χ4n) is 9.28. The molecule has 294 valence electrons. The Morgan fingerprint density at radius 3 is 1.46 bits per heavy atom. The monoisotopic (exact) mass is 806 g/mol. The van der Waals surface area contributed by atoms with E-state index in [-0.39, 0.29) is 0 Å². The number of hydrogen-bond acceptors (Lipinski definition) is 5. The van der Waals surface area contributed by atoms with E-state index in [4.69, 9.17) is 23.8 Å². The summed E-state index contributed by atoms with van der Waals surface area (Å²) in [4.78, 5) is 15.0. The number of para-hydroxylation sites is 3. The molecule has 63 heavy (non-hydrogen) atoms. The molecular formula is C57H34N4O2. The van der Waals surface area contributed by atoms with Gasteiger partial charge in [0.15, 0.2) is 17.5 Å². The number of hydrogen-bond donors (Lipinski definition) is 0. The van der Waals surface area contributed by atoms with E-state index in [0.717, 1.165) is 77.4 Å². The maximum atomic E-state index is 6.57. The first-order valence-electron chi connectivity index (χ1n) is 21.1. The Kier molecular flexibility index (Phi) is 7.80. The van der Waals surface area contributed by atoms with Gasteiger partial charge in [0.05, 0.1) is 11.0 Å². The Morgan fingerprint density at radius 1 is 0.286 bits per heavy atom. The predicted octanol–water partition coefficient (Wildman–Crippen LogP) is 15.1. The van der Waals surface area contributed by atoms with Crippen molar-refractivity contribution >= 4 is 65.7 Å². The molecule has 4 aromatic heterocycles. The van der Waals surface area contributed by atoms with Crippen LogP contribution in [0.25, 0.3) is 128 Å². The molecule has 9 aromatic carbocycles. The van der Waals surface area contributed by atoms with Crippen LogP contribution in [0.1, 0.15) is 0 Å². The van der Waals surface area contributed by atoms with Gasteiger partial charge in [-0.25, -0.2) is 15.0 Å². The third kappa shape index (κ3) is 5.76. The molecule has 6 heteroatoms. The largest absolute Gasteiger partial charge is 0.456 e. The van der Waals surface area contributed by atoms with Crippen LogP contribution in [0.15, 0.2) is 215 Å². The topological polar surface area (TPSA) is 69.9 Å². The molecule has 4 heterocycles. The Bertz CT molecular complexity index is 3920. The first-order valence-corrected chi connectivity index (χ1v) is 21.1. The van der Waals surface area contributed by atoms with Gasteiger partial charge >= 0.3 is 0 Å². The van der Waals surface area contributed by atoms with Crippen molar-refractivity contribution in [3.8, 4) is 62.1 Å². The zero-order valence-electron chi connectivity index (χ0n) is 33.7. The number of furan rings is 2. The Morgan fingerprint density at radius 2 is 0.762 bits per heavy atom. The average molecular weight is 807 g/mol. The summed E-state index contributed by atoms with van der Waals surface area (Å²) >= 11 is 0. The zero-order valence-corrected chi connectivity index (χ0v) is 33.7. The first-order chi connectivity index (χ1) is 31.2. The molecule has 13 aromatic rings. The molecule has 13 rings (SSSR count). The highest BCUT2D eigenvalue weighted by molar-refractivity contribution is 6.12. The van der Waals surface area contributed by atoms with Crippen molar-refractivity contribution in [1.29, 1.82) is 0 Å². The fraction of sp³-hybridized carbons (Fsp3) is 0. The number of aromatic nitrogens is 4. The summed E-state index contributed by atoms with van der Waals surface area (Å²) in [5, 5.41) is 6.66. The number of nitrogens with zero attached hydrogens (tertiary/aromatic N) is 4. The molecule has 0 atom stereocenters. The van der Waals surface area contributed by atoms with Crippen molar-refractivity contribution in [3.63, 3.8) is 0 Å². The molecule has 0 aliphatic carbocycles. The van der Waals surface area contributed by atoms with Crippen LogP contribution in [0.4, 0.5) is 0 Å². The summed E-state index contributed by atoms with van der Waals surface area (Å²) in [6.45, 7) is 0. The Labute approximate surface area is 361 Å². The van der Waals surface area contributed by atoms with E-state index in [1.807, 2.05) is 60.7 Å². The molecule has 0 spiro atoms. The van der Waals surface area contributed by atoms with Crippen LogP contribution in [0.5, 0.6) is 0 Å². The van der Waals surface area contributed by atoms with Crippen molar-refractivity contribution in [2.75, 3.05) is 0 Å². The molecule has 0 fully saturated rings. The number of benzene rings is 9. The molecule has 0 unspecified atom stereocenters. The normalized spacial score (nSPS) is 11.8. The standard InChI is InChI=1S/C57H34N4O2/c1-3-13-35(14-4-1)55-58-56(38-23-27-45-44-20-10-12-22-51(44)62-53(45)33-38)60-57(59-55)39-24-28-46-48-32-37(26-30-52(48)63-54(46)34-39)42-18-8-7-17-41(42)36-25-29-50-47(31-36)43-19-9-11-21-49(43)61(50)40-15-5-2-6-16-40/h1-34H. The summed E-state index contributed by atoms with van der Waals surface area (Å²) in [7, 11) is 0. The van der Waals surface area contributed by atoms with Crippen molar-refractivity contribution in [3.05, 3.63) is 206 Å². The second-order valence-corrected chi connectivity index (χ2v) is 16.0. The van der Waals surface area contributed by atoms with E-state index in [1.165, 1.54) is 32.9 Å². The van der Waals surface area contributed by atoms with Crippen molar-refractivity contribution in [2.45, 2.75) is 0 Å². The fourth-order valence-corrected chi connectivity index (χ4v) is 9.28. The highest BCUT2D eigenvalue weighted by Crippen LogP contribution is 2.41. The van der Waals surface area contributed by atoms with Gasteiger partial charge in [-0.3, -0.25) is 0 Å². The van der Waals surface area contributed by atoms with Gasteiger partial charge in [0.25, 0.3) is 0 Å². The van der Waals surface area contributed by atoms with E-state index in [9.17, 15) is 0 Å². The minimum Gasteiger partial charge on any atom is -0.456 e. The van der Waals surface area contributed by atoms with Crippen molar-refractivity contribution in [2.24, 2.45) is 0 Å². The van der Waals surface area contributed by atoms with E-state index in [2.05, 4.69) is 150 Å². The van der Waals surface area contributed by atoms with Gasteiger partial charge in [-0.15, -0.1) is 0 Å². The van der Waals surface area contributed by atoms with Crippen molar-refractivity contribution < 1.29 is 8.83 Å². The SMILES string of the molecule is c1ccc(-c2nc(-c3ccc4c(c3)oc3ccccc34)nc(-c3ccc4c(c3)oc3ccc(-c5ccccc5-c5ccc6c(c5)c5ccccc5n6-c5ccccc5)cc34)n2)cc1. The third-order valence-corrected chi connectivity index (χ3v) is 12.3. The van der Waals surface area contributed by atoms with Crippen molar-refractivity contribution in [1.82, 2.24) is 19.5 Å². The molecule has 0 amide bonds. The molecule has 0 radical (unpaired) electrons. The molecule has 6 nitrogen and oxygen atoms in total. The first kappa shape index (κ1) is 35.2. The lowest BCUT2D eigenvalue weighted by molar-refractivity contribution is 0.668. The maximum Gasteiger partial charge on any atom is 0.164 e. The number of rotatable bonds is 6. The van der Waals surface area contributed by atoms with Gasteiger partial charge in [0.2, 0.25) is 0 Å². The maximum absolute atomic E-state index is 6.57. The van der Waals surface area contributed by atoms with Gasteiger partial charge in [0, 0.05) is 54.7 Å². The lowest BCUT2D eigenvalue weighted by Crippen LogP contribution is -2.00. The number of fused-ring (bicyclic) bond motifs is 9. The van der Waals surface area contributed by atoms with Gasteiger partial charge in [0.1, 0.15) is 22.3 Å². The van der Waals surface area contributed by atoms with E-state index >= 15 is 0 Å². The highest BCUT2D eigenvalue weighted by Gasteiger charge is 2.19. The molecule has 0 bridgehead atoms. The van der Waals surface area contributed by atoms with Crippen LogP contribution in [0.3, 0.4) is 0 Å². The second-order valence-electron chi connectivity index (χ2n) is 16.0. The predicted molar refractivity (Wildman–Crippen MR) is 256 cm³/mol. The molecule has 0 N–H and O–H groups in total. The second kappa shape index (κ2) is 14.0. The van der Waals surface area contributed by atoms with Gasteiger partial charge in [-0.2, -0.15) is 0 Å². The lowest BCUT2D eigenvalue weighted by Gasteiger charge is -2.12. The lowest BCUT2D eigenvalue weighted by atomic mass is 9.93. The van der Waals surface area contributed by atoms with E-state index < -0.39 is 0 Å². The Balaban J connectivity index is 0.900. The van der Waals surface area contributed by atoms with Crippen LogP contribution in [-0.4, -0.2) is 19.5 Å². The third-order valence-electron chi connectivity index (χ3n) is 12.3. The smallest absolute Gasteiger partial charge is 0.164 e. The average Bonchev–Trinajstić information content (AvgIpc) is 4.03. The van der Waals surface area contributed by atoms with Crippen LogP contribution in [0, 0.1) is 0 Å². The minimum absolute atomic E-state index is 0.560.